The number of unbranched alkanes of at least 4 members (excludes halogenated alkanes) is 2. The zero-order chi connectivity index (χ0) is 29.3. The Kier molecular flexibility index (Phi) is 15.2. The molecule has 0 fully saturated rings. The molecule has 2 atom stereocenters. The summed E-state index contributed by atoms with van der Waals surface area (Å²) in [6, 6.07) is 12.5. The summed E-state index contributed by atoms with van der Waals surface area (Å²) in [7, 11) is 5.18. The molecular formula is C28H38N4O6S2. The molecule has 2 amide bonds. The van der Waals surface area contributed by atoms with E-state index in [-0.39, 0.29) is 0 Å². The third-order valence-corrected chi connectivity index (χ3v) is 8.44. The van der Waals surface area contributed by atoms with Crippen molar-refractivity contribution in [3.05, 3.63) is 59.7 Å². The predicted molar refractivity (Wildman–Crippen MR) is 157 cm³/mol. The molecule has 0 aliphatic heterocycles. The molecule has 0 unspecified atom stereocenters. The van der Waals surface area contributed by atoms with E-state index >= 15 is 0 Å². The van der Waals surface area contributed by atoms with Gasteiger partial charge in [-0.15, -0.1) is 0 Å². The number of esters is 2. The van der Waals surface area contributed by atoms with Gasteiger partial charge in [-0.25, -0.2) is 9.59 Å². The van der Waals surface area contributed by atoms with Crippen molar-refractivity contribution >= 4 is 45.3 Å². The van der Waals surface area contributed by atoms with Gasteiger partial charge < -0.3 is 31.6 Å². The van der Waals surface area contributed by atoms with Gasteiger partial charge in [-0.1, -0.05) is 45.9 Å². The lowest BCUT2D eigenvalue weighted by Gasteiger charge is -2.18. The molecule has 12 heteroatoms. The smallest absolute Gasteiger partial charge is 0.328 e. The van der Waals surface area contributed by atoms with Crippen LogP contribution in [-0.2, 0) is 19.1 Å². The lowest BCUT2D eigenvalue weighted by Crippen LogP contribution is -2.41. The summed E-state index contributed by atoms with van der Waals surface area (Å²) in [4.78, 5) is 52.1. The van der Waals surface area contributed by atoms with Crippen LogP contribution in [0, 0.1) is 0 Å². The first-order valence-corrected chi connectivity index (χ1v) is 15.2. The molecule has 0 aliphatic carbocycles. The molecule has 0 saturated carbocycles. The van der Waals surface area contributed by atoms with Crippen LogP contribution in [0.25, 0.3) is 0 Å². The number of nitrogens with one attached hydrogen (secondary N) is 2. The lowest BCUT2D eigenvalue weighted by atomic mass is 10.1. The second-order valence-corrected chi connectivity index (χ2v) is 11.0. The van der Waals surface area contributed by atoms with E-state index in [1.165, 1.54) is 35.8 Å². The highest BCUT2D eigenvalue weighted by atomic mass is 33.1. The molecule has 0 radical (unpaired) electrons. The minimum Gasteiger partial charge on any atom is -0.467 e. The van der Waals surface area contributed by atoms with Gasteiger partial charge in [0.1, 0.15) is 12.1 Å². The van der Waals surface area contributed by atoms with Gasteiger partial charge in [-0.05, 0) is 75.9 Å². The Labute approximate surface area is 243 Å². The second kappa shape index (κ2) is 18.3. The SMILES string of the molecule is COC(=O)[C@H](CCCCN)NC(=O)c1ccccc1SSc1ccccc1C(=O)N[C@@H](CCCCN)C(=O)OC. The first kappa shape index (κ1) is 33.1. The Morgan fingerprint density at radius 3 is 1.40 bits per heavy atom. The molecule has 6 N–H and O–H groups in total. The van der Waals surface area contributed by atoms with Crippen LogP contribution in [0.2, 0.25) is 0 Å². The minimum absolute atomic E-state index is 0.389. The topological polar surface area (TPSA) is 163 Å². The van der Waals surface area contributed by atoms with E-state index in [9.17, 15) is 19.2 Å². The van der Waals surface area contributed by atoms with E-state index in [1.54, 1.807) is 48.5 Å². The van der Waals surface area contributed by atoms with Crippen LogP contribution in [0.5, 0.6) is 0 Å². The molecule has 0 saturated heterocycles. The molecule has 2 aromatic carbocycles. The zero-order valence-electron chi connectivity index (χ0n) is 22.9. The summed E-state index contributed by atoms with van der Waals surface area (Å²) >= 11 is 0. The van der Waals surface area contributed by atoms with Crippen LogP contribution < -0.4 is 22.1 Å². The van der Waals surface area contributed by atoms with Crippen LogP contribution in [0.1, 0.15) is 59.2 Å². The summed E-state index contributed by atoms with van der Waals surface area (Å²) in [6.45, 7) is 0.991. The number of nitrogens with two attached hydrogens (primary N) is 2. The van der Waals surface area contributed by atoms with E-state index in [4.69, 9.17) is 20.9 Å². The predicted octanol–water partition coefficient (Wildman–Crippen LogP) is 3.29. The first-order chi connectivity index (χ1) is 19.4. The lowest BCUT2D eigenvalue weighted by molar-refractivity contribution is -0.143. The van der Waals surface area contributed by atoms with Crippen molar-refractivity contribution in [2.75, 3.05) is 27.3 Å². The largest absolute Gasteiger partial charge is 0.467 e. The monoisotopic (exact) mass is 590 g/mol. The third-order valence-electron chi connectivity index (χ3n) is 5.96. The Morgan fingerprint density at radius 1 is 0.675 bits per heavy atom. The van der Waals surface area contributed by atoms with E-state index < -0.39 is 35.8 Å². The van der Waals surface area contributed by atoms with Crippen LogP contribution >= 0.6 is 21.6 Å². The van der Waals surface area contributed by atoms with E-state index in [0.717, 1.165) is 12.8 Å². The van der Waals surface area contributed by atoms with Crippen molar-refractivity contribution in [1.82, 2.24) is 10.6 Å². The summed E-state index contributed by atoms with van der Waals surface area (Å²) in [5.74, 6) is -1.84. The maximum atomic E-state index is 13.2. The molecule has 218 valence electrons. The van der Waals surface area contributed by atoms with Gasteiger partial charge in [-0.2, -0.15) is 0 Å². The Bertz CT molecular complexity index is 1050. The summed E-state index contributed by atoms with van der Waals surface area (Å²) in [5, 5.41) is 5.55. The fraction of sp³-hybridized carbons (Fsp3) is 0.429. The Hall–Kier alpha value is -3.06. The quantitative estimate of drug-likeness (QED) is 0.122. The van der Waals surface area contributed by atoms with Gasteiger partial charge >= 0.3 is 11.9 Å². The summed E-state index contributed by atoms with van der Waals surface area (Å²) < 4.78 is 9.72. The second-order valence-electron chi connectivity index (χ2n) is 8.83. The van der Waals surface area contributed by atoms with Gasteiger partial charge in [0.25, 0.3) is 11.8 Å². The highest BCUT2D eigenvalue weighted by Crippen LogP contribution is 2.40. The molecule has 2 aromatic rings. The fourth-order valence-electron chi connectivity index (χ4n) is 3.78. The number of carbonyl (C=O) groups excluding carboxylic acids is 4. The average Bonchev–Trinajstić information content (AvgIpc) is 2.98. The molecule has 0 spiro atoms. The average molecular weight is 591 g/mol. The van der Waals surface area contributed by atoms with Crippen molar-refractivity contribution < 1.29 is 28.7 Å². The highest BCUT2D eigenvalue weighted by molar-refractivity contribution is 8.76. The van der Waals surface area contributed by atoms with Gasteiger partial charge in [0.2, 0.25) is 0 Å². The molecule has 0 aliphatic rings. The van der Waals surface area contributed by atoms with Crippen molar-refractivity contribution in [1.29, 1.82) is 0 Å². The van der Waals surface area contributed by atoms with Gasteiger partial charge in [0.15, 0.2) is 0 Å². The highest BCUT2D eigenvalue weighted by Gasteiger charge is 2.25. The number of rotatable bonds is 17. The summed E-state index contributed by atoms with van der Waals surface area (Å²) in [5.41, 5.74) is 11.9. The van der Waals surface area contributed by atoms with Crippen molar-refractivity contribution in [2.24, 2.45) is 11.5 Å². The minimum atomic E-state index is -0.785. The third kappa shape index (κ3) is 10.5. The number of benzene rings is 2. The first-order valence-electron chi connectivity index (χ1n) is 13.1. The molecular weight excluding hydrogens is 552 g/mol. The number of carbonyl (C=O) groups is 4. The number of hydrogen-bond acceptors (Lipinski definition) is 10. The number of amides is 2. The number of methoxy groups -OCH3 is 2. The molecule has 0 aromatic heterocycles. The normalized spacial score (nSPS) is 12.2. The molecule has 2 rings (SSSR count). The van der Waals surface area contributed by atoms with Gasteiger partial charge in [-0.3, -0.25) is 9.59 Å². The molecule has 0 heterocycles. The van der Waals surface area contributed by atoms with Crippen molar-refractivity contribution in [2.45, 2.75) is 60.4 Å². The Morgan fingerprint density at radius 2 is 1.05 bits per heavy atom. The van der Waals surface area contributed by atoms with Crippen molar-refractivity contribution in [3.8, 4) is 0 Å². The van der Waals surface area contributed by atoms with Crippen LogP contribution in [0.15, 0.2) is 58.3 Å². The molecule has 40 heavy (non-hydrogen) atoms. The van der Waals surface area contributed by atoms with E-state index in [2.05, 4.69) is 10.6 Å². The molecule has 10 nitrogen and oxygen atoms in total. The van der Waals surface area contributed by atoms with Crippen molar-refractivity contribution in [3.63, 3.8) is 0 Å². The maximum Gasteiger partial charge on any atom is 0.328 e. The van der Waals surface area contributed by atoms with Crippen LogP contribution in [0.3, 0.4) is 0 Å². The standard InChI is InChI=1S/C28H38N4O6S2/c1-37-27(35)21(13-7-9-17-29)31-25(33)19-11-3-5-15-23(19)39-40-24-16-6-4-12-20(24)26(34)32-22(28(36)38-2)14-8-10-18-30/h3-6,11-12,15-16,21-22H,7-10,13-14,17-18,29-30H2,1-2H3,(H,31,33)(H,32,34)/t21-,22-/m0/s1. The summed E-state index contributed by atoms with van der Waals surface area (Å²) in [6.07, 6.45) is 3.64. The maximum absolute atomic E-state index is 13.2. The number of hydrogen-bond donors (Lipinski definition) is 4. The van der Waals surface area contributed by atoms with E-state index in [0.29, 0.717) is 59.7 Å². The molecule has 0 bridgehead atoms. The van der Waals surface area contributed by atoms with Gasteiger partial charge in [0, 0.05) is 9.79 Å². The van der Waals surface area contributed by atoms with Crippen LogP contribution in [0.4, 0.5) is 0 Å². The fourth-order valence-corrected chi connectivity index (χ4v) is 6.14. The Balaban J connectivity index is 2.16. The van der Waals surface area contributed by atoms with E-state index in [1.807, 2.05) is 0 Å². The zero-order valence-corrected chi connectivity index (χ0v) is 24.5. The van der Waals surface area contributed by atoms with Gasteiger partial charge in [0.05, 0.1) is 25.3 Å². The number of ether oxygens (including phenoxy) is 2. The van der Waals surface area contributed by atoms with Crippen LogP contribution in [-0.4, -0.2) is 63.1 Å².